The zero-order chi connectivity index (χ0) is 18.4. The molecule has 2 heterocycles. The maximum atomic E-state index is 6.30. The van der Waals surface area contributed by atoms with Gasteiger partial charge in [0.25, 0.3) is 0 Å². The van der Waals surface area contributed by atoms with Crippen molar-refractivity contribution < 1.29 is 9.47 Å². The first-order valence-electron chi connectivity index (χ1n) is 9.71. The summed E-state index contributed by atoms with van der Waals surface area (Å²) in [7, 11) is 1.72. The van der Waals surface area contributed by atoms with E-state index in [9.17, 15) is 0 Å². The van der Waals surface area contributed by atoms with Crippen molar-refractivity contribution in [2.45, 2.75) is 31.8 Å². The van der Waals surface area contributed by atoms with Gasteiger partial charge < -0.3 is 19.3 Å². The van der Waals surface area contributed by atoms with Gasteiger partial charge in [-0.05, 0) is 38.3 Å². The van der Waals surface area contributed by atoms with Crippen LogP contribution in [0, 0.1) is 0 Å². The minimum absolute atomic E-state index is 0.000309. The summed E-state index contributed by atoms with van der Waals surface area (Å²) in [5.41, 5.74) is 2.57. The van der Waals surface area contributed by atoms with Crippen LogP contribution in [0.1, 0.15) is 26.2 Å². The van der Waals surface area contributed by atoms with Gasteiger partial charge in [0.15, 0.2) is 0 Å². The molecule has 2 fully saturated rings. The summed E-state index contributed by atoms with van der Waals surface area (Å²) >= 11 is 0. The number of methoxy groups -OCH3 is 1. The molecular weight excluding hydrogens is 324 g/mol. The molecule has 2 saturated heterocycles. The molecule has 0 radical (unpaired) electrons. The summed E-state index contributed by atoms with van der Waals surface area (Å²) < 4.78 is 11.7. The Morgan fingerprint density at radius 1 is 1.31 bits per heavy atom. The molecule has 0 N–H and O–H groups in total. The van der Waals surface area contributed by atoms with Crippen LogP contribution in [0.2, 0.25) is 0 Å². The van der Waals surface area contributed by atoms with Gasteiger partial charge in [0, 0.05) is 44.5 Å². The van der Waals surface area contributed by atoms with E-state index in [1.165, 1.54) is 11.3 Å². The van der Waals surface area contributed by atoms with Crippen LogP contribution in [-0.4, -0.2) is 56.9 Å². The van der Waals surface area contributed by atoms with Gasteiger partial charge >= 0.3 is 0 Å². The van der Waals surface area contributed by atoms with Crippen LogP contribution in [0.15, 0.2) is 48.6 Å². The Morgan fingerprint density at radius 3 is 2.81 bits per heavy atom. The number of ether oxygens (including phenoxy) is 2. The largest absolute Gasteiger partial charge is 0.497 e. The van der Waals surface area contributed by atoms with Crippen molar-refractivity contribution in [1.29, 1.82) is 0 Å². The third kappa shape index (κ3) is 4.49. The average molecular weight is 357 g/mol. The normalized spacial score (nSPS) is 21.0. The second kappa shape index (κ2) is 8.74. The molecule has 1 spiro atoms. The van der Waals surface area contributed by atoms with Gasteiger partial charge in [-0.15, -0.1) is 0 Å². The maximum absolute atomic E-state index is 6.30. The van der Waals surface area contributed by atoms with E-state index in [1.54, 1.807) is 7.11 Å². The summed E-state index contributed by atoms with van der Waals surface area (Å²) in [4.78, 5) is 5.02. The highest BCUT2D eigenvalue weighted by atomic mass is 16.5. The molecule has 0 aliphatic carbocycles. The third-order valence-electron chi connectivity index (χ3n) is 5.78. The van der Waals surface area contributed by atoms with E-state index in [-0.39, 0.29) is 5.60 Å². The van der Waals surface area contributed by atoms with Crippen LogP contribution in [0.4, 0.5) is 5.69 Å². The summed E-state index contributed by atoms with van der Waals surface area (Å²) in [5.74, 6) is 0.917. The zero-order valence-corrected chi connectivity index (χ0v) is 16.2. The van der Waals surface area contributed by atoms with Gasteiger partial charge in [-0.25, -0.2) is 0 Å². The molecule has 0 atom stereocenters. The second-order valence-corrected chi connectivity index (χ2v) is 7.31. The van der Waals surface area contributed by atoms with Crippen LogP contribution in [0.25, 0.3) is 0 Å². The topological polar surface area (TPSA) is 24.9 Å². The molecule has 0 unspecified atom stereocenters. The molecule has 142 valence electrons. The van der Waals surface area contributed by atoms with Crippen molar-refractivity contribution in [1.82, 2.24) is 4.90 Å². The first-order chi connectivity index (χ1) is 12.7. The molecule has 1 aromatic carbocycles. The molecule has 0 bridgehead atoms. The first kappa shape index (κ1) is 19.0. The number of nitrogens with zero attached hydrogens (tertiary/aromatic N) is 2. The molecule has 3 rings (SSSR count). The number of anilines is 1. The van der Waals surface area contributed by atoms with E-state index in [2.05, 4.69) is 47.6 Å². The van der Waals surface area contributed by atoms with Crippen LogP contribution in [0.5, 0.6) is 5.75 Å². The number of hydrogen-bond acceptors (Lipinski definition) is 4. The molecular formula is C22H32N2O2. The lowest BCUT2D eigenvalue weighted by Crippen LogP contribution is -2.57. The summed E-state index contributed by atoms with van der Waals surface area (Å²) in [6.07, 6.45) is 7.43. The Balaban J connectivity index is 1.57. The average Bonchev–Trinajstić information content (AvgIpc) is 2.70. The summed E-state index contributed by atoms with van der Waals surface area (Å²) in [6, 6.07) is 8.37. The number of rotatable bonds is 6. The van der Waals surface area contributed by atoms with Crippen LogP contribution in [-0.2, 0) is 4.74 Å². The van der Waals surface area contributed by atoms with Crippen LogP contribution in [0.3, 0.4) is 0 Å². The highest BCUT2D eigenvalue weighted by molar-refractivity contribution is 5.51. The molecule has 0 saturated carbocycles. The Hall–Kier alpha value is -1.78. The van der Waals surface area contributed by atoms with Crippen LogP contribution >= 0.6 is 0 Å². The molecule has 2 aliphatic heterocycles. The van der Waals surface area contributed by atoms with Crippen molar-refractivity contribution in [3.8, 4) is 5.75 Å². The highest BCUT2D eigenvalue weighted by Gasteiger charge is 2.39. The lowest BCUT2D eigenvalue weighted by molar-refractivity contribution is -0.0909. The van der Waals surface area contributed by atoms with Gasteiger partial charge in [0.05, 0.1) is 19.3 Å². The molecule has 4 heteroatoms. The fourth-order valence-electron chi connectivity index (χ4n) is 4.01. The van der Waals surface area contributed by atoms with Gasteiger partial charge in [0.2, 0.25) is 0 Å². The number of likely N-dealkylation sites (tertiary alicyclic amines) is 1. The fraction of sp³-hybridized carbons (Fsp3) is 0.545. The predicted octanol–water partition coefficient (Wildman–Crippen LogP) is 3.89. The number of hydrogen-bond donors (Lipinski definition) is 0. The lowest BCUT2D eigenvalue weighted by Gasteiger charge is -2.48. The fourth-order valence-corrected chi connectivity index (χ4v) is 4.01. The number of allylic oxidation sites excluding steroid dienone is 2. The number of benzene rings is 1. The van der Waals surface area contributed by atoms with Crippen molar-refractivity contribution in [2.24, 2.45) is 0 Å². The van der Waals surface area contributed by atoms with Gasteiger partial charge in [-0.2, -0.15) is 0 Å². The highest BCUT2D eigenvalue weighted by Crippen LogP contribution is 2.33. The standard InChI is InChI=1S/C22H32N2O2/c1-4-19(5-2)9-12-23-13-10-22(11-14-23)18-24(15-16-26-22)20-7-6-8-21(17-20)25-3/h4-8,17H,1,9-16,18H2,2-3H3/b19-5+. The molecule has 0 amide bonds. The van der Waals surface area contributed by atoms with Gasteiger partial charge in [-0.1, -0.05) is 30.4 Å². The summed E-state index contributed by atoms with van der Waals surface area (Å²) in [6.45, 7) is 12.0. The predicted molar refractivity (Wildman–Crippen MR) is 108 cm³/mol. The smallest absolute Gasteiger partial charge is 0.120 e. The van der Waals surface area contributed by atoms with Crippen molar-refractivity contribution >= 4 is 5.69 Å². The Bertz CT molecular complexity index is 633. The molecule has 1 aromatic rings. The quantitative estimate of drug-likeness (QED) is 0.722. The number of piperidine rings is 1. The van der Waals surface area contributed by atoms with E-state index in [0.717, 1.165) is 64.3 Å². The molecule has 4 nitrogen and oxygen atoms in total. The Kier molecular flexibility index (Phi) is 6.38. The first-order valence-corrected chi connectivity index (χ1v) is 9.71. The third-order valence-corrected chi connectivity index (χ3v) is 5.78. The lowest BCUT2D eigenvalue weighted by atomic mass is 9.89. The molecule has 2 aliphatic rings. The zero-order valence-electron chi connectivity index (χ0n) is 16.2. The minimum Gasteiger partial charge on any atom is -0.497 e. The number of morpholine rings is 1. The van der Waals surface area contributed by atoms with Crippen molar-refractivity contribution in [3.05, 3.63) is 48.6 Å². The van der Waals surface area contributed by atoms with E-state index in [0.29, 0.717) is 0 Å². The van der Waals surface area contributed by atoms with Crippen molar-refractivity contribution in [2.75, 3.05) is 51.3 Å². The monoisotopic (exact) mass is 356 g/mol. The van der Waals surface area contributed by atoms with E-state index in [1.807, 2.05) is 12.1 Å². The Labute approximate surface area is 158 Å². The van der Waals surface area contributed by atoms with Crippen LogP contribution < -0.4 is 9.64 Å². The van der Waals surface area contributed by atoms with Gasteiger partial charge in [0.1, 0.15) is 5.75 Å². The SMILES string of the molecule is C=C/C(=C\C)CCN1CCC2(CC1)CN(c1cccc(OC)c1)CCO2. The Morgan fingerprint density at radius 2 is 2.12 bits per heavy atom. The summed E-state index contributed by atoms with van der Waals surface area (Å²) in [5, 5.41) is 0. The van der Waals surface area contributed by atoms with Gasteiger partial charge in [-0.3, -0.25) is 0 Å². The maximum Gasteiger partial charge on any atom is 0.120 e. The minimum atomic E-state index is -0.000309. The second-order valence-electron chi connectivity index (χ2n) is 7.31. The van der Waals surface area contributed by atoms with E-state index in [4.69, 9.17) is 9.47 Å². The van der Waals surface area contributed by atoms with E-state index >= 15 is 0 Å². The van der Waals surface area contributed by atoms with E-state index < -0.39 is 0 Å². The molecule has 26 heavy (non-hydrogen) atoms. The molecule has 0 aromatic heterocycles. The van der Waals surface area contributed by atoms with Crippen molar-refractivity contribution in [3.63, 3.8) is 0 Å².